The van der Waals surface area contributed by atoms with Crippen molar-refractivity contribution in [2.45, 2.75) is 13.1 Å². The summed E-state index contributed by atoms with van der Waals surface area (Å²) in [7, 11) is 0. The molecule has 0 atom stereocenters. The molecule has 0 radical (unpaired) electrons. The van der Waals surface area contributed by atoms with Crippen molar-refractivity contribution in [3.8, 4) is 5.69 Å². The normalized spacial score (nSPS) is 11.8. The summed E-state index contributed by atoms with van der Waals surface area (Å²) in [6, 6.07) is 5.47. The SMILES string of the molecule is C=C(N)c1cc(-n2nc(C(F)(F)F)cc2C=O)ccc1/C=C\C. The van der Waals surface area contributed by atoms with Crippen LogP contribution in [0.1, 0.15) is 34.2 Å². The zero-order valence-corrected chi connectivity index (χ0v) is 12.3. The van der Waals surface area contributed by atoms with Gasteiger partial charge in [0.15, 0.2) is 12.0 Å². The molecule has 2 N–H and O–H groups in total. The maximum Gasteiger partial charge on any atom is 0.435 e. The number of carbonyl (C=O) groups is 1. The standard InChI is InChI=1S/C16H14F3N3O/c1-3-4-11-5-6-12(7-14(11)10(2)20)22-13(9-23)8-15(21-22)16(17,18)19/h3-9H,2,20H2,1H3/b4-3-. The van der Waals surface area contributed by atoms with Crippen LogP contribution in [0.4, 0.5) is 13.2 Å². The third-order valence-corrected chi connectivity index (χ3v) is 3.12. The Morgan fingerprint density at radius 1 is 1.35 bits per heavy atom. The van der Waals surface area contributed by atoms with E-state index in [4.69, 9.17) is 5.73 Å². The number of hydrogen-bond acceptors (Lipinski definition) is 3. The Balaban J connectivity index is 2.63. The van der Waals surface area contributed by atoms with Crippen molar-refractivity contribution >= 4 is 18.1 Å². The van der Waals surface area contributed by atoms with Gasteiger partial charge in [0.2, 0.25) is 0 Å². The van der Waals surface area contributed by atoms with Gasteiger partial charge in [0, 0.05) is 11.3 Å². The van der Waals surface area contributed by atoms with Crippen molar-refractivity contribution in [3.63, 3.8) is 0 Å². The largest absolute Gasteiger partial charge is 0.435 e. The van der Waals surface area contributed by atoms with E-state index in [1.165, 1.54) is 6.07 Å². The lowest BCUT2D eigenvalue weighted by molar-refractivity contribution is -0.141. The molecule has 0 aliphatic rings. The highest BCUT2D eigenvalue weighted by Crippen LogP contribution is 2.29. The van der Waals surface area contributed by atoms with E-state index in [0.29, 0.717) is 17.9 Å². The molecule has 0 saturated heterocycles. The van der Waals surface area contributed by atoms with Crippen molar-refractivity contribution in [1.29, 1.82) is 0 Å². The molecule has 0 saturated carbocycles. The van der Waals surface area contributed by atoms with E-state index < -0.39 is 11.9 Å². The molecular formula is C16H14F3N3O. The van der Waals surface area contributed by atoms with Gasteiger partial charge >= 0.3 is 6.18 Å². The average Bonchev–Trinajstić information content (AvgIpc) is 2.92. The number of allylic oxidation sites excluding steroid dienone is 1. The minimum Gasteiger partial charge on any atom is -0.399 e. The van der Waals surface area contributed by atoms with Gasteiger partial charge < -0.3 is 5.73 Å². The van der Waals surface area contributed by atoms with Crippen molar-refractivity contribution in [1.82, 2.24) is 9.78 Å². The fourth-order valence-corrected chi connectivity index (χ4v) is 2.10. The van der Waals surface area contributed by atoms with Crippen LogP contribution in [0.2, 0.25) is 0 Å². The number of halogens is 3. The number of alkyl halides is 3. The van der Waals surface area contributed by atoms with Gasteiger partial charge in [-0.25, -0.2) is 4.68 Å². The van der Waals surface area contributed by atoms with E-state index >= 15 is 0 Å². The zero-order chi connectivity index (χ0) is 17.2. The Morgan fingerprint density at radius 2 is 2.04 bits per heavy atom. The van der Waals surface area contributed by atoms with E-state index in [0.717, 1.165) is 10.2 Å². The Hall–Kier alpha value is -2.83. The molecule has 0 spiro atoms. The Kier molecular flexibility index (Phi) is 4.40. The van der Waals surface area contributed by atoms with Crippen LogP contribution in [0, 0.1) is 0 Å². The van der Waals surface area contributed by atoms with Gasteiger partial charge in [-0.1, -0.05) is 24.8 Å². The highest BCUT2D eigenvalue weighted by Gasteiger charge is 2.35. The Morgan fingerprint density at radius 3 is 2.57 bits per heavy atom. The molecule has 0 fully saturated rings. The van der Waals surface area contributed by atoms with Crippen LogP contribution in [0.15, 0.2) is 36.9 Å². The third-order valence-electron chi connectivity index (χ3n) is 3.12. The Bertz CT molecular complexity index is 788. The maximum absolute atomic E-state index is 12.8. The highest BCUT2D eigenvalue weighted by molar-refractivity contribution is 5.76. The van der Waals surface area contributed by atoms with Crippen LogP contribution in [-0.2, 0) is 6.18 Å². The molecule has 23 heavy (non-hydrogen) atoms. The highest BCUT2D eigenvalue weighted by atomic mass is 19.4. The lowest BCUT2D eigenvalue weighted by Gasteiger charge is -2.10. The first-order chi connectivity index (χ1) is 10.8. The maximum atomic E-state index is 12.8. The van der Waals surface area contributed by atoms with Gasteiger partial charge in [-0.15, -0.1) is 0 Å². The van der Waals surface area contributed by atoms with Gasteiger partial charge in [-0.05, 0) is 30.7 Å². The van der Waals surface area contributed by atoms with Gasteiger partial charge in [0.05, 0.1) is 5.69 Å². The van der Waals surface area contributed by atoms with Crippen molar-refractivity contribution in [2.75, 3.05) is 0 Å². The van der Waals surface area contributed by atoms with Gasteiger partial charge in [0.25, 0.3) is 0 Å². The number of aromatic nitrogens is 2. The number of nitrogens with zero attached hydrogens (tertiary/aromatic N) is 2. The molecule has 2 aromatic rings. The van der Waals surface area contributed by atoms with Crippen molar-refractivity contribution in [2.24, 2.45) is 5.73 Å². The summed E-state index contributed by atoms with van der Waals surface area (Å²) >= 11 is 0. The second kappa shape index (κ2) is 6.12. The number of rotatable bonds is 4. The van der Waals surface area contributed by atoms with Crippen LogP contribution < -0.4 is 5.73 Å². The lowest BCUT2D eigenvalue weighted by Crippen LogP contribution is -2.08. The summed E-state index contributed by atoms with van der Waals surface area (Å²) in [5.74, 6) is 0. The second-order valence-electron chi connectivity index (χ2n) is 4.78. The molecule has 4 nitrogen and oxygen atoms in total. The molecular weight excluding hydrogens is 307 g/mol. The van der Waals surface area contributed by atoms with E-state index in [-0.39, 0.29) is 17.1 Å². The predicted octanol–water partition coefficient (Wildman–Crippen LogP) is 3.67. The molecule has 1 aromatic heterocycles. The summed E-state index contributed by atoms with van der Waals surface area (Å²) in [6.07, 6.45) is -0.719. The summed E-state index contributed by atoms with van der Waals surface area (Å²) in [6.45, 7) is 5.48. The summed E-state index contributed by atoms with van der Waals surface area (Å²) in [5.41, 5.74) is 6.26. The predicted molar refractivity (Wildman–Crippen MR) is 81.9 cm³/mol. The van der Waals surface area contributed by atoms with Crippen LogP contribution in [-0.4, -0.2) is 16.1 Å². The molecule has 1 heterocycles. The molecule has 0 aliphatic heterocycles. The topological polar surface area (TPSA) is 60.9 Å². The molecule has 0 unspecified atom stereocenters. The molecule has 1 aromatic carbocycles. The smallest absolute Gasteiger partial charge is 0.399 e. The average molecular weight is 321 g/mol. The quantitative estimate of drug-likeness (QED) is 0.874. The zero-order valence-electron chi connectivity index (χ0n) is 12.3. The number of hydrogen-bond donors (Lipinski definition) is 1. The first kappa shape index (κ1) is 16.5. The molecule has 0 aliphatic carbocycles. The monoisotopic (exact) mass is 321 g/mol. The lowest BCUT2D eigenvalue weighted by atomic mass is 10.0. The van der Waals surface area contributed by atoms with Gasteiger partial charge in [-0.2, -0.15) is 18.3 Å². The minimum atomic E-state index is -4.63. The number of benzene rings is 1. The summed E-state index contributed by atoms with van der Waals surface area (Å²) < 4.78 is 39.2. The molecule has 0 amide bonds. The fraction of sp³-hybridized carbons (Fsp3) is 0.125. The van der Waals surface area contributed by atoms with Crippen LogP contribution >= 0.6 is 0 Å². The molecule has 2 rings (SSSR count). The summed E-state index contributed by atoms with van der Waals surface area (Å²) in [4.78, 5) is 11.0. The van der Waals surface area contributed by atoms with Gasteiger partial charge in [-0.3, -0.25) is 4.79 Å². The van der Waals surface area contributed by atoms with Crippen LogP contribution in [0.3, 0.4) is 0 Å². The summed E-state index contributed by atoms with van der Waals surface area (Å²) in [5, 5.41) is 3.47. The molecule has 0 bridgehead atoms. The number of nitrogens with two attached hydrogens (primary N) is 1. The van der Waals surface area contributed by atoms with Gasteiger partial charge in [0.1, 0.15) is 5.69 Å². The van der Waals surface area contributed by atoms with Crippen LogP contribution in [0.5, 0.6) is 0 Å². The third kappa shape index (κ3) is 3.33. The van der Waals surface area contributed by atoms with Crippen LogP contribution in [0.25, 0.3) is 17.5 Å². The van der Waals surface area contributed by atoms with Crippen molar-refractivity contribution in [3.05, 3.63) is 59.4 Å². The van der Waals surface area contributed by atoms with Crippen molar-refractivity contribution < 1.29 is 18.0 Å². The van der Waals surface area contributed by atoms with E-state index in [2.05, 4.69) is 11.7 Å². The fourth-order valence-electron chi connectivity index (χ4n) is 2.10. The minimum absolute atomic E-state index is 0.204. The number of carbonyl (C=O) groups excluding carboxylic acids is 1. The van der Waals surface area contributed by atoms with E-state index in [1.54, 1.807) is 24.3 Å². The Labute approximate surface area is 130 Å². The van der Waals surface area contributed by atoms with E-state index in [9.17, 15) is 18.0 Å². The molecule has 7 heteroatoms. The first-order valence-electron chi connectivity index (χ1n) is 6.62. The second-order valence-corrected chi connectivity index (χ2v) is 4.78. The van der Waals surface area contributed by atoms with E-state index in [1.807, 2.05) is 6.92 Å². The number of aldehydes is 1. The first-order valence-corrected chi connectivity index (χ1v) is 6.62. The molecule has 120 valence electrons.